The first kappa shape index (κ1) is 16.7. The van der Waals surface area contributed by atoms with Crippen LogP contribution in [0.4, 0.5) is 0 Å². The molecule has 4 heteroatoms. The molecule has 18 heavy (non-hydrogen) atoms. The van der Waals surface area contributed by atoms with E-state index in [9.17, 15) is 9.59 Å². The fourth-order valence-electron chi connectivity index (χ4n) is 1.59. The summed E-state index contributed by atoms with van der Waals surface area (Å²) in [6.07, 6.45) is 4.63. The van der Waals surface area contributed by atoms with E-state index in [1.165, 1.54) is 0 Å². The monoisotopic (exact) mass is 255 g/mol. The Labute approximate surface area is 110 Å². The van der Waals surface area contributed by atoms with Crippen molar-refractivity contribution in [2.45, 2.75) is 47.0 Å². The first-order chi connectivity index (χ1) is 8.38. The van der Waals surface area contributed by atoms with Crippen LogP contribution in [0.5, 0.6) is 0 Å². The van der Waals surface area contributed by atoms with Crippen molar-refractivity contribution >= 4 is 11.9 Å². The lowest BCUT2D eigenvalue weighted by atomic mass is 10.1. The lowest BCUT2D eigenvalue weighted by Gasteiger charge is -2.23. The molecule has 0 fully saturated rings. The molecule has 0 aliphatic rings. The Morgan fingerprint density at radius 2 is 1.89 bits per heavy atom. The number of aliphatic carboxylic acids is 1. The van der Waals surface area contributed by atoms with Crippen molar-refractivity contribution in [3.63, 3.8) is 0 Å². The van der Waals surface area contributed by atoms with Gasteiger partial charge in [-0.15, -0.1) is 0 Å². The Morgan fingerprint density at radius 3 is 2.33 bits per heavy atom. The van der Waals surface area contributed by atoms with E-state index < -0.39 is 11.9 Å². The highest BCUT2D eigenvalue weighted by Crippen LogP contribution is 2.06. The molecule has 4 nitrogen and oxygen atoms in total. The molecule has 0 saturated heterocycles. The molecule has 0 aromatic rings. The number of rotatable bonds is 8. The molecule has 0 aromatic carbocycles. The van der Waals surface area contributed by atoms with Gasteiger partial charge in [-0.1, -0.05) is 32.3 Å². The molecule has 0 saturated carbocycles. The maximum atomic E-state index is 12.0. The van der Waals surface area contributed by atoms with Gasteiger partial charge in [-0.2, -0.15) is 0 Å². The second-order valence-electron chi connectivity index (χ2n) is 4.95. The molecule has 0 heterocycles. The van der Waals surface area contributed by atoms with Crippen LogP contribution in [0, 0.1) is 5.92 Å². The van der Waals surface area contributed by atoms with E-state index in [0.29, 0.717) is 6.54 Å². The van der Waals surface area contributed by atoms with E-state index in [0.717, 1.165) is 24.8 Å². The molecule has 0 spiro atoms. The summed E-state index contributed by atoms with van der Waals surface area (Å²) < 4.78 is 0. The van der Waals surface area contributed by atoms with Crippen molar-refractivity contribution in [2.24, 2.45) is 5.92 Å². The standard InChI is InChI=1S/C14H25NO3/c1-5-6-7-8-15(10-12(4)14(17)18)13(16)9-11(2)3/h9,12H,5-8,10H2,1-4H3,(H,17,18). The Balaban J connectivity index is 4.55. The second-order valence-corrected chi connectivity index (χ2v) is 4.95. The first-order valence-electron chi connectivity index (χ1n) is 6.55. The van der Waals surface area contributed by atoms with Gasteiger partial charge in [0, 0.05) is 19.2 Å². The average molecular weight is 255 g/mol. The summed E-state index contributed by atoms with van der Waals surface area (Å²) in [5, 5.41) is 8.91. The largest absolute Gasteiger partial charge is 0.481 e. The van der Waals surface area contributed by atoms with Crippen LogP contribution in [0.25, 0.3) is 0 Å². The van der Waals surface area contributed by atoms with Crippen molar-refractivity contribution in [3.8, 4) is 0 Å². The molecule has 1 amide bonds. The molecular weight excluding hydrogens is 230 g/mol. The molecule has 1 unspecified atom stereocenters. The number of carbonyl (C=O) groups excluding carboxylic acids is 1. The van der Waals surface area contributed by atoms with Gasteiger partial charge < -0.3 is 10.0 Å². The van der Waals surface area contributed by atoms with E-state index in [-0.39, 0.29) is 12.5 Å². The van der Waals surface area contributed by atoms with Crippen molar-refractivity contribution in [1.82, 2.24) is 4.90 Å². The van der Waals surface area contributed by atoms with Crippen molar-refractivity contribution in [2.75, 3.05) is 13.1 Å². The highest BCUT2D eigenvalue weighted by Gasteiger charge is 2.18. The molecule has 0 radical (unpaired) electrons. The molecule has 1 atom stereocenters. The van der Waals surface area contributed by atoms with Gasteiger partial charge in [0.05, 0.1) is 5.92 Å². The Kier molecular flexibility index (Phi) is 8.08. The van der Waals surface area contributed by atoms with Gasteiger partial charge in [0.15, 0.2) is 0 Å². The summed E-state index contributed by atoms with van der Waals surface area (Å²) in [7, 11) is 0. The van der Waals surface area contributed by atoms with Gasteiger partial charge >= 0.3 is 5.97 Å². The summed E-state index contributed by atoms with van der Waals surface area (Å²) in [6.45, 7) is 8.37. The number of carbonyl (C=O) groups is 2. The summed E-state index contributed by atoms with van der Waals surface area (Å²) in [4.78, 5) is 24.5. The zero-order valence-corrected chi connectivity index (χ0v) is 11.9. The van der Waals surface area contributed by atoms with Crippen molar-refractivity contribution in [1.29, 1.82) is 0 Å². The van der Waals surface area contributed by atoms with Gasteiger partial charge in [0.2, 0.25) is 5.91 Å². The van der Waals surface area contributed by atoms with Gasteiger partial charge in [0.25, 0.3) is 0 Å². The zero-order chi connectivity index (χ0) is 14.1. The maximum Gasteiger partial charge on any atom is 0.308 e. The minimum Gasteiger partial charge on any atom is -0.481 e. The summed E-state index contributed by atoms with van der Waals surface area (Å²) in [6, 6.07) is 0. The van der Waals surface area contributed by atoms with E-state index in [2.05, 4.69) is 6.92 Å². The summed E-state index contributed by atoms with van der Waals surface area (Å²) in [5.74, 6) is -1.47. The number of carboxylic acid groups (broad SMARTS) is 1. The highest BCUT2D eigenvalue weighted by molar-refractivity contribution is 5.88. The molecular formula is C14H25NO3. The lowest BCUT2D eigenvalue weighted by Crippen LogP contribution is -2.36. The Morgan fingerprint density at radius 1 is 1.28 bits per heavy atom. The molecule has 0 aliphatic carbocycles. The maximum absolute atomic E-state index is 12.0. The van der Waals surface area contributed by atoms with Crippen LogP contribution in [-0.2, 0) is 9.59 Å². The predicted molar refractivity (Wildman–Crippen MR) is 72.3 cm³/mol. The number of unbranched alkanes of at least 4 members (excludes halogenated alkanes) is 2. The molecule has 0 bridgehead atoms. The zero-order valence-electron chi connectivity index (χ0n) is 11.9. The number of hydrogen-bond acceptors (Lipinski definition) is 2. The second kappa shape index (κ2) is 8.72. The number of nitrogens with zero attached hydrogens (tertiary/aromatic N) is 1. The fraction of sp³-hybridized carbons (Fsp3) is 0.714. The van der Waals surface area contributed by atoms with Crippen LogP contribution < -0.4 is 0 Å². The SMILES string of the molecule is CCCCCN(CC(C)C(=O)O)C(=O)C=C(C)C. The van der Waals surface area contributed by atoms with E-state index in [4.69, 9.17) is 5.11 Å². The topological polar surface area (TPSA) is 57.6 Å². The van der Waals surface area contributed by atoms with Gasteiger partial charge in [-0.3, -0.25) is 9.59 Å². The Bertz CT molecular complexity index is 306. The number of amides is 1. The van der Waals surface area contributed by atoms with Crippen molar-refractivity contribution in [3.05, 3.63) is 11.6 Å². The van der Waals surface area contributed by atoms with Crippen LogP contribution in [0.2, 0.25) is 0 Å². The Hall–Kier alpha value is -1.32. The van der Waals surface area contributed by atoms with Crippen molar-refractivity contribution < 1.29 is 14.7 Å². The summed E-state index contributed by atoms with van der Waals surface area (Å²) in [5.41, 5.74) is 0.934. The van der Waals surface area contributed by atoms with Crippen LogP contribution in [0.15, 0.2) is 11.6 Å². The molecule has 0 rings (SSSR count). The van der Waals surface area contributed by atoms with Gasteiger partial charge in [-0.05, 0) is 20.3 Å². The molecule has 0 aliphatic heterocycles. The first-order valence-corrected chi connectivity index (χ1v) is 6.55. The average Bonchev–Trinajstić information content (AvgIpc) is 2.26. The molecule has 104 valence electrons. The minimum absolute atomic E-state index is 0.0841. The van der Waals surface area contributed by atoms with E-state index in [1.807, 2.05) is 13.8 Å². The lowest BCUT2D eigenvalue weighted by molar-refractivity contribution is -0.142. The quantitative estimate of drug-likeness (QED) is 0.536. The fourth-order valence-corrected chi connectivity index (χ4v) is 1.59. The van der Waals surface area contributed by atoms with Gasteiger partial charge in [-0.25, -0.2) is 0 Å². The normalized spacial score (nSPS) is 11.8. The van der Waals surface area contributed by atoms with E-state index >= 15 is 0 Å². The van der Waals surface area contributed by atoms with Crippen LogP contribution in [0.3, 0.4) is 0 Å². The molecule has 0 aromatic heterocycles. The third-order valence-electron chi connectivity index (χ3n) is 2.67. The van der Waals surface area contributed by atoms with Crippen LogP contribution in [0.1, 0.15) is 47.0 Å². The number of allylic oxidation sites excluding steroid dienone is 1. The van der Waals surface area contributed by atoms with Gasteiger partial charge in [0.1, 0.15) is 0 Å². The summed E-state index contributed by atoms with van der Waals surface area (Å²) >= 11 is 0. The molecule has 1 N–H and O–H groups in total. The third kappa shape index (κ3) is 7.09. The van der Waals surface area contributed by atoms with E-state index in [1.54, 1.807) is 17.9 Å². The number of carboxylic acids is 1. The van der Waals surface area contributed by atoms with Crippen LogP contribution in [-0.4, -0.2) is 35.0 Å². The highest BCUT2D eigenvalue weighted by atomic mass is 16.4. The third-order valence-corrected chi connectivity index (χ3v) is 2.67. The smallest absolute Gasteiger partial charge is 0.308 e. The van der Waals surface area contributed by atoms with Crippen LogP contribution >= 0.6 is 0 Å². The minimum atomic E-state index is -0.861. The predicted octanol–water partition coefficient (Wildman–Crippen LogP) is 2.69. The number of hydrogen-bond donors (Lipinski definition) is 1.